The standard InChI is InChI=1S/C14H25N/c1-3-5-14(15-4-2)10-13-9-11-6-7-12(13)8-11/h3,11-15H,1,4-10H2,2H3. The second-order valence-electron chi connectivity index (χ2n) is 5.45. The predicted octanol–water partition coefficient (Wildman–Crippen LogP) is 3.37. The molecule has 0 radical (unpaired) electrons. The first-order valence-electron chi connectivity index (χ1n) is 6.67. The van der Waals surface area contributed by atoms with Gasteiger partial charge in [0.05, 0.1) is 0 Å². The molecule has 0 aromatic rings. The molecule has 4 unspecified atom stereocenters. The van der Waals surface area contributed by atoms with Crippen LogP contribution in [0.2, 0.25) is 0 Å². The minimum absolute atomic E-state index is 0.692. The quantitative estimate of drug-likeness (QED) is 0.658. The van der Waals surface area contributed by atoms with Crippen LogP contribution in [0.5, 0.6) is 0 Å². The normalized spacial score (nSPS) is 35.7. The molecule has 1 nitrogen and oxygen atoms in total. The van der Waals surface area contributed by atoms with Gasteiger partial charge >= 0.3 is 0 Å². The molecule has 1 heteroatoms. The van der Waals surface area contributed by atoms with E-state index in [0.29, 0.717) is 6.04 Å². The summed E-state index contributed by atoms with van der Waals surface area (Å²) < 4.78 is 0. The van der Waals surface area contributed by atoms with Crippen LogP contribution in [0.15, 0.2) is 12.7 Å². The molecule has 2 rings (SSSR count). The van der Waals surface area contributed by atoms with Gasteiger partial charge in [0.25, 0.3) is 0 Å². The van der Waals surface area contributed by atoms with E-state index in [-0.39, 0.29) is 0 Å². The number of fused-ring (bicyclic) bond motifs is 2. The van der Waals surface area contributed by atoms with Gasteiger partial charge < -0.3 is 5.32 Å². The lowest BCUT2D eigenvalue weighted by atomic mass is 9.83. The summed E-state index contributed by atoms with van der Waals surface area (Å²) >= 11 is 0. The minimum atomic E-state index is 0.692. The lowest BCUT2D eigenvalue weighted by Gasteiger charge is -2.26. The fraction of sp³-hybridized carbons (Fsp3) is 0.857. The topological polar surface area (TPSA) is 12.0 Å². The lowest BCUT2D eigenvalue weighted by Crippen LogP contribution is -2.31. The van der Waals surface area contributed by atoms with Gasteiger partial charge in [0.15, 0.2) is 0 Å². The largest absolute Gasteiger partial charge is 0.314 e. The molecule has 0 aliphatic heterocycles. The van der Waals surface area contributed by atoms with Crippen molar-refractivity contribution in [3.8, 4) is 0 Å². The van der Waals surface area contributed by atoms with Gasteiger partial charge in [-0.05, 0) is 56.4 Å². The predicted molar refractivity (Wildman–Crippen MR) is 65.8 cm³/mol. The second-order valence-corrected chi connectivity index (χ2v) is 5.45. The summed E-state index contributed by atoms with van der Waals surface area (Å²) in [6.45, 7) is 7.17. The minimum Gasteiger partial charge on any atom is -0.314 e. The summed E-state index contributed by atoms with van der Waals surface area (Å²) in [6.07, 6.45) is 10.7. The zero-order valence-corrected chi connectivity index (χ0v) is 10.0. The fourth-order valence-corrected chi connectivity index (χ4v) is 3.78. The smallest absolute Gasteiger partial charge is 0.0104 e. The van der Waals surface area contributed by atoms with Gasteiger partial charge in [-0.1, -0.05) is 19.4 Å². The highest BCUT2D eigenvalue weighted by Gasteiger charge is 2.39. The van der Waals surface area contributed by atoms with E-state index in [1.807, 2.05) is 0 Å². The van der Waals surface area contributed by atoms with Crippen molar-refractivity contribution >= 4 is 0 Å². The maximum absolute atomic E-state index is 3.87. The first-order chi connectivity index (χ1) is 7.33. The lowest BCUT2D eigenvalue weighted by molar-refractivity contribution is 0.279. The van der Waals surface area contributed by atoms with Crippen LogP contribution in [-0.2, 0) is 0 Å². The van der Waals surface area contributed by atoms with Crippen LogP contribution in [0.4, 0.5) is 0 Å². The third-order valence-corrected chi connectivity index (χ3v) is 4.42. The van der Waals surface area contributed by atoms with Crippen LogP contribution in [0.25, 0.3) is 0 Å². The van der Waals surface area contributed by atoms with E-state index in [1.54, 1.807) is 0 Å². The van der Waals surface area contributed by atoms with Gasteiger partial charge in [-0.25, -0.2) is 0 Å². The zero-order valence-electron chi connectivity index (χ0n) is 10.0. The van der Waals surface area contributed by atoms with Crippen molar-refractivity contribution in [1.29, 1.82) is 0 Å². The van der Waals surface area contributed by atoms with Gasteiger partial charge in [-0.15, -0.1) is 6.58 Å². The molecule has 86 valence electrons. The second kappa shape index (κ2) is 5.16. The van der Waals surface area contributed by atoms with Crippen molar-refractivity contribution in [3.63, 3.8) is 0 Å². The third kappa shape index (κ3) is 2.63. The number of hydrogen-bond donors (Lipinski definition) is 1. The summed E-state index contributed by atoms with van der Waals surface area (Å²) in [7, 11) is 0. The summed E-state index contributed by atoms with van der Waals surface area (Å²) in [5.74, 6) is 3.18. The Morgan fingerprint density at radius 2 is 2.27 bits per heavy atom. The van der Waals surface area contributed by atoms with E-state index in [2.05, 4.69) is 24.9 Å². The molecular weight excluding hydrogens is 182 g/mol. The first-order valence-corrected chi connectivity index (χ1v) is 6.67. The third-order valence-electron chi connectivity index (χ3n) is 4.42. The van der Waals surface area contributed by atoms with E-state index in [0.717, 1.165) is 30.7 Å². The van der Waals surface area contributed by atoms with Crippen LogP contribution in [0.3, 0.4) is 0 Å². The Labute approximate surface area is 94.3 Å². The van der Waals surface area contributed by atoms with Crippen LogP contribution >= 0.6 is 0 Å². The van der Waals surface area contributed by atoms with Crippen molar-refractivity contribution in [3.05, 3.63) is 12.7 Å². The average molecular weight is 207 g/mol. The molecular formula is C14H25N. The molecule has 1 N–H and O–H groups in total. The Bertz CT molecular complexity index is 211. The van der Waals surface area contributed by atoms with Gasteiger partial charge in [-0.3, -0.25) is 0 Å². The highest BCUT2D eigenvalue weighted by molar-refractivity contribution is 4.92. The van der Waals surface area contributed by atoms with Crippen molar-refractivity contribution in [1.82, 2.24) is 5.32 Å². The van der Waals surface area contributed by atoms with Crippen LogP contribution in [0.1, 0.15) is 45.4 Å². The molecule has 15 heavy (non-hydrogen) atoms. The van der Waals surface area contributed by atoms with Crippen LogP contribution < -0.4 is 5.32 Å². The summed E-state index contributed by atoms with van der Waals surface area (Å²) in [4.78, 5) is 0. The molecule has 2 aliphatic carbocycles. The van der Waals surface area contributed by atoms with Gasteiger partial charge in [0.1, 0.15) is 0 Å². The molecule has 0 spiro atoms. The number of nitrogens with one attached hydrogen (secondary N) is 1. The summed E-state index contributed by atoms with van der Waals surface area (Å²) in [5, 5.41) is 3.60. The maximum Gasteiger partial charge on any atom is 0.0104 e. The van der Waals surface area contributed by atoms with Gasteiger partial charge in [0.2, 0.25) is 0 Å². The Hall–Kier alpha value is -0.300. The number of rotatable bonds is 6. The van der Waals surface area contributed by atoms with Crippen molar-refractivity contribution in [2.24, 2.45) is 17.8 Å². The molecule has 0 aromatic heterocycles. The molecule has 2 bridgehead atoms. The van der Waals surface area contributed by atoms with E-state index in [9.17, 15) is 0 Å². The monoisotopic (exact) mass is 207 g/mol. The SMILES string of the molecule is C=CCC(CC1CC2CCC1C2)NCC. The van der Waals surface area contributed by atoms with E-state index < -0.39 is 0 Å². The Morgan fingerprint density at radius 3 is 2.80 bits per heavy atom. The zero-order chi connectivity index (χ0) is 10.7. The molecule has 0 aromatic carbocycles. The average Bonchev–Trinajstić information content (AvgIpc) is 2.80. The first kappa shape index (κ1) is 11.2. The van der Waals surface area contributed by atoms with E-state index in [4.69, 9.17) is 0 Å². The number of hydrogen-bond acceptors (Lipinski definition) is 1. The van der Waals surface area contributed by atoms with Gasteiger partial charge in [-0.2, -0.15) is 0 Å². The molecule has 0 saturated heterocycles. The van der Waals surface area contributed by atoms with Crippen molar-refractivity contribution in [2.45, 2.75) is 51.5 Å². The molecule has 2 fully saturated rings. The Kier molecular flexibility index (Phi) is 3.85. The Morgan fingerprint density at radius 1 is 1.40 bits per heavy atom. The van der Waals surface area contributed by atoms with E-state index in [1.165, 1.54) is 32.1 Å². The van der Waals surface area contributed by atoms with Crippen molar-refractivity contribution < 1.29 is 0 Å². The molecule has 4 atom stereocenters. The highest BCUT2D eigenvalue weighted by atomic mass is 14.9. The summed E-state index contributed by atoms with van der Waals surface area (Å²) in [5.41, 5.74) is 0. The Balaban J connectivity index is 1.81. The van der Waals surface area contributed by atoms with Crippen LogP contribution in [0, 0.1) is 17.8 Å². The molecule has 0 amide bonds. The van der Waals surface area contributed by atoms with Crippen molar-refractivity contribution in [2.75, 3.05) is 6.54 Å². The molecule has 2 saturated carbocycles. The van der Waals surface area contributed by atoms with Crippen LogP contribution in [-0.4, -0.2) is 12.6 Å². The van der Waals surface area contributed by atoms with E-state index >= 15 is 0 Å². The highest BCUT2D eigenvalue weighted by Crippen LogP contribution is 2.49. The molecule has 0 heterocycles. The fourth-order valence-electron chi connectivity index (χ4n) is 3.78. The summed E-state index contributed by atoms with van der Waals surface area (Å²) in [6, 6.07) is 0.692. The maximum atomic E-state index is 3.87. The molecule has 2 aliphatic rings. The van der Waals surface area contributed by atoms with Gasteiger partial charge in [0, 0.05) is 6.04 Å².